The number of rotatable bonds is 3. The predicted octanol–water partition coefficient (Wildman–Crippen LogP) is 5.33. The highest BCUT2D eigenvalue weighted by atomic mass is 35.5. The van der Waals surface area contributed by atoms with Crippen LogP contribution >= 0.6 is 11.6 Å². The number of nitrogens with zero attached hydrogens (tertiary/aromatic N) is 2. The van der Waals surface area contributed by atoms with E-state index in [-0.39, 0.29) is 6.04 Å². The maximum atomic E-state index is 6.05. The molecule has 0 bridgehead atoms. The minimum absolute atomic E-state index is 0.0828. The fraction of sp³-hybridized carbons (Fsp3) is 0.0500. The van der Waals surface area contributed by atoms with E-state index >= 15 is 0 Å². The summed E-state index contributed by atoms with van der Waals surface area (Å²) in [7, 11) is 0. The molecule has 1 aromatic heterocycles. The van der Waals surface area contributed by atoms with Crippen LogP contribution in [0.2, 0.25) is 5.02 Å². The molecular weight excluding hydrogens is 304 g/mol. The van der Waals surface area contributed by atoms with Gasteiger partial charge < -0.3 is 4.57 Å². The number of hydrogen-bond acceptors (Lipinski definition) is 1. The van der Waals surface area contributed by atoms with Gasteiger partial charge in [-0.15, -0.1) is 0 Å². The number of hydrogen-bond donors (Lipinski definition) is 0. The first-order chi connectivity index (χ1) is 11.3. The third-order valence-electron chi connectivity index (χ3n) is 4.10. The van der Waals surface area contributed by atoms with E-state index in [0.29, 0.717) is 0 Å². The van der Waals surface area contributed by atoms with Crippen molar-refractivity contribution >= 4 is 22.4 Å². The van der Waals surface area contributed by atoms with Gasteiger partial charge in [0.1, 0.15) is 0 Å². The SMILES string of the molecule is Clc1ccc(C(c2ccc3ccccc3c2)n2ccnc2)cc1. The summed E-state index contributed by atoms with van der Waals surface area (Å²) in [6.45, 7) is 0. The molecule has 1 unspecified atom stereocenters. The molecule has 3 aromatic carbocycles. The molecule has 4 aromatic rings. The fourth-order valence-electron chi connectivity index (χ4n) is 2.98. The molecule has 0 aliphatic heterocycles. The Kier molecular flexibility index (Phi) is 3.60. The summed E-state index contributed by atoms with van der Waals surface area (Å²) in [5, 5.41) is 3.23. The molecule has 1 heterocycles. The van der Waals surface area contributed by atoms with Gasteiger partial charge in [0.2, 0.25) is 0 Å². The summed E-state index contributed by atoms with van der Waals surface area (Å²) in [5.41, 5.74) is 2.41. The van der Waals surface area contributed by atoms with Crippen molar-refractivity contribution < 1.29 is 0 Å². The van der Waals surface area contributed by atoms with Crippen LogP contribution in [0.3, 0.4) is 0 Å². The van der Waals surface area contributed by atoms with E-state index in [1.54, 1.807) is 0 Å². The van der Waals surface area contributed by atoms with Crippen LogP contribution in [0, 0.1) is 0 Å². The molecule has 0 amide bonds. The number of imidazole rings is 1. The molecule has 1 atom stereocenters. The molecule has 0 aliphatic rings. The molecule has 0 spiro atoms. The van der Waals surface area contributed by atoms with Gasteiger partial charge in [0.05, 0.1) is 12.4 Å². The van der Waals surface area contributed by atoms with Crippen LogP contribution in [-0.4, -0.2) is 9.55 Å². The molecule has 3 heteroatoms. The topological polar surface area (TPSA) is 17.8 Å². The lowest BCUT2D eigenvalue weighted by Crippen LogP contribution is -2.10. The maximum absolute atomic E-state index is 6.05. The van der Waals surface area contributed by atoms with Crippen molar-refractivity contribution in [3.63, 3.8) is 0 Å². The molecule has 0 N–H and O–H groups in total. The van der Waals surface area contributed by atoms with Gasteiger partial charge >= 0.3 is 0 Å². The quantitative estimate of drug-likeness (QED) is 0.499. The van der Waals surface area contributed by atoms with Crippen molar-refractivity contribution in [3.05, 3.63) is 102 Å². The van der Waals surface area contributed by atoms with Gasteiger partial charge in [0, 0.05) is 17.4 Å². The van der Waals surface area contributed by atoms with E-state index in [2.05, 4.69) is 64.1 Å². The van der Waals surface area contributed by atoms with E-state index in [0.717, 1.165) is 5.02 Å². The standard InChI is InChI=1S/C20H15ClN2/c21-19-9-7-16(8-10-19)20(23-12-11-22-14-23)18-6-5-15-3-1-2-4-17(15)13-18/h1-14,20H. The summed E-state index contributed by atoms with van der Waals surface area (Å²) in [5.74, 6) is 0. The summed E-state index contributed by atoms with van der Waals surface area (Å²) in [6.07, 6.45) is 5.66. The molecule has 2 nitrogen and oxygen atoms in total. The monoisotopic (exact) mass is 318 g/mol. The van der Waals surface area contributed by atoms with E-state index in [9.17, 15) is 0 Å². The summed E-state index contributed by atoms with van der Waals surface area (Å²) >= 11 is 6.05. The van der Waals surface area contributed by atoms with Gasteiger partial charge in [-0.2, -0.15) is 0 Å². The number of fused-ring (bicyclic) bond motifs is 1. The lowest BCUT2D eigenvalue weighted by atomic mass is 9.96. The zero-order valence-electron chi connectivity index (χ0n) is 12.4. The Balaban J connectivity index is 1.88. The van der Waals surface area contributed by atoms with Gasteiger partial charge in [0.15, 0.2) is 0 Å². The summed E-state index contributed by atoms with van der Waals surface area (Å²) in [6, 6.07) is 23.1. The Bertz CT molecular complexity index is 927. The van der Waals surface area contributed by atoms with Gasteiger partial charge in [-0.25, -0.2) is 4.98 Å². The highest BCUT2D eigenvalue weighted by Crippen LogP contribution is 2.29. The van der Waals surface area contributed by atoms with Crippen LogP contribution in [-0.2, 0) is 0 Å². The molecule has 0 fully saturated rings. The van der Waals surface area contributed by atoms with Crippen LogP contribution in [0.1, 0.15) is 17.2 Å². The molecule has 4 rings (SSSR count). The maximum Gasteiger partial charge on any atom is 0.0954 e. The zero-order valence-corrected chi connectivity index (χ0v) is 13.2. The Morgan fingerprint density at radius 2 is 1.57 bits per heavy atom. The van der Waals surface area contributed by atoms with Gasteiger partial charge in [-0.1, -0.05) is 60.1 Å². The third kappa shape index (κ3) is 2.73. The normalized spacial score (nSPS) is 12.4. The lowest BCUT2D eigenvalue weighted by molar-refractivity contribution is 0.677. The van der Waals surface area contributed by atoms with Crippen molar-refractivity contribution in [1.82, 2.24) is 9.55 Å². The Labute approximate surface area is 140 Å². The zero-order chi connectivity index (χ0) is 15.6. The molecule has 0 saturated heterocycles. The average molecular weight is 319 g/mol. The summed E-state index contributed by atoms with van der Waals surface area (Å²) in [4.78, 5) is 4.21. The van der Waals surface area contributed by atoms with Crippen molar-refractivity contribution in [3.8, 4) is 0 Å². The minimum Gasteiger partial charge on any atom is -0.326 e. The molecule has 0 saturated carbocycles. The van der Waals surface area contributed by atoms with Gasteiger partial charge in [0.25, 0.3) is 0 Å². The Hall–Kier alpha value is -2.58. The lowest BCUT2D eigenvalue weighted by Gasteiger charge is -2.20. The van der Waals surface area contributed by atoms with Crippen LogP contribution in [0.5, 0.6) is 0 Å². The number of benzene rings is 3. The first kappa shape index (κ1) is 14.0. The second kappa shape index (κ2) is 5.90. The average Bonchev–Trinajstić information content (AvgIpc) is 3.11. The Morgan fingerprint density at radius 3 is 2.30 bits per heavy atom. The molecule has 0 aliphatic carbocycles. The van der Waals surface area contributed by atoms with E-state index in [4.69, 9.17) is 11.6 Å². The third-order valence-corrected chi connectivity index (χ3v) is 4.35. The van der Waals surface area contributed by atoms with Crippen molar-refractivity contribution in [2.24, 2.45) is 0 Å². The fourth-order valence-corrected chi connectivity index (χ4v) is 3.11. The Morgan fingerprint density at radius 1 is 0.826 bits per heavy atom. The van der Waals surface area contributed by atoms with Crippen LogP contribution < -0.4 is 0 Å². The summed E-state index contributed by atoms with van der Waals surface area (Å²) < 4.78 is 2.12. The van der Waals surface area contributed by atoms with Gasteiger partial charge in [-0.05, 0) is 40.1 Å². The highest BCUT2D eigenvalue weighted by Gasteiger charge is 2.16. The van der Waals surface area contributed by atoms with Crippen LogP contribution in [0.15, 0.2) is 85.5 Å². The van der Waals surface area contributed by atoms with Gasteiger partial charge in [-0.3, -0.25) is 0 Å². The number of halogens is 1. The first-order valence-corrected chi connectivity index (χ1v) is 7.91. The second-order valence-electron chi connectivity index (χ2n) is 5.57. The van der Waals surface area contributed by atoms with E-state index < -0.39 is 0 Å². The molecular formula is C20H15ClN2. The largest absolute Gasteiger partial charge is 0.326 e. The molecule has 23 heavy (non-hydrogen) atoms. The predicted molar refractivity (Wildman–Crippen MR) is 94.9 cm³/mol. The smallest absolute Gasteiger partial charge is 0.0954 e. The molecule has 112 valence electrons. The first-order valence-electron chi connectivity index (χ1n) is 7.53. The van der Waals surface area contributed by atoms with E-state index in [1.807, 2.05) is 30.9 Å². The molecule has 0 radical (unpaired) electrons. The van der Waals surface area contributed by atoms with Crippen molar-refractivity contribution in [1.29, 1.82) is 0 Å². The minimum atomic E-state index is 0.0828. The second-order valence-corrected chi connectivity index (χ2v) is 6.01. The van der Waals surface area contributed by atoms with Crippen molar-refractivity contribution in [2.75, 3.05) is 0 Å². The van der Waals surface area contributed by atoms with E-state index in [1.165, 1.54) is 21.9 Å². The van der Waals surface area contributed by atoms with Crippen molar-refractivity contribution in [2.45, 2.75) is 6.04 Å². The number of aromatic nitrogens is 2. The highest BCUT2D eigenvalue weighted by molar-refractivity contribution is 6.30. The van der Waals surface area contributed by atoms with Crippen LogP contribution in [0.4, 0.5) is 0 Å². The van der Waals surface area contributed by atoms with Crippen LogP contribution in [0.25, 0.3) is 10.8 Å².